The van der Waals surface area contributed by atoms with Crippen LogP contribution in [-0.2, 0) is 0 Å². The first-order valence-electron chi connectivity index (χ1n) is 4.72. The lowest BCUT2D eigenvalue weighted by Gasteiger charge is -2.13. The van der Waals surface area contributed by atoms with Crippen LogP contribution in [0.2, 0.25) is 0 Å². The van der Waals surface area contributed by atoms with Gasteiger partial charge in [0.2, 0.25) is 0 Å². The topological polar surface area (TPSA) is 12.0 Å². The maximum Gasteiger partial charge on any atom is 0.0480 e. The van der Waals surface area contributed by atoms with Crippen LogP contribution in [0.25, 0.3) is 0 Å². The van der Waals surface area contributed by atoms with Crippen LogP contribution in [0.15, 0.2) is 29.2 Å². The predicted octanol–water partition coefficient (Wildman–Crippen LogP) is 3.62. The van der Waals surface area contributed by atoms with Crippen molar-refractivity contribution in [2.24, 2.45) is 0 Å². The number of rotatable bonds is 4. The van der Waals surface area contributed by atoms with Crippen molar-refractivity contribution in [2.75, 3.05) is 11.1 Å². The van der Waals surface area contributed by atoms with Crippen LogP contribution in [0, 0.1) is 0 Å². The van der Waals surface area contributed by atoms with Crippen LogP contribution in [-0.4, -0.2) is 11.8 Å². The molecule has 1 nitrogen and oxygen atoms in total. The van der Waals surface area contributed by atoms with Crippen molar-refractivity contribution in [1.29, 1.82) is 0 Å². The van der Waals surface area contributed by atoms with Gasteiger partial charge in [0.1, 0.15) is 0 Å². The van der Waals surface area contributed by atoms with Crippen molar-refractivity contribution >= 4 is 17.4 Å². The Bertz CT molecular complexity index is 258. The van der Waals surface area contributed by atoms with Crippen molar-refractivity contribution < 1.29 is 0 Å². The van der Waals surface area contributed by atoms with E-state index in [-0.39, 0.29) is 0 Å². The number of para-hydroxylation sites is 1. The minimum Gasteiger partial charge on any atom is -0.382 e. The normalized spacial score (nSPS) is 10.5. The third kappa shape index (κ3) is 3.31. The van der Waals surface area contributed by atoms with E-state index in [1.165, 1.54) is 10.6 Å². The molecule has 1 aromatic carbocycles. The maximum atomic E-state index is 3.44. The van der Waals surface area contributed by atoms with E-state index in [1.807, 2.05) is 11.8 Å². The molecule has 0 heterocycles. The van der Waals surface area contributed by atoms with Gasteiger partial charge in [0.25, 0.3) is 0 Å². The summed E-state index contributed by atoms with van der Waals surface area (Å²) in [7, 11) is 0. The van der Waals surface area contributed by atoms with E-state index in [4.69, 9.17) is 0 Å². The molecular formula is C11H17NS. The van der Waals surface area contributed by atoms with E-state index in [0.717, 1.165) is 5.75 Å². The summed E-state index contributed by atoms with van der Waals surface area (Å²) in [4.78, 5) is 1.35. The molecule has 0 aliphatic rings. The van der Waals surface area contributed by atoms with E-state index in [0.29, 0.717) is 6.04 Å². The van der Waals surface area contributed by atoms with Crippen LogP contribution < -0.4 is 5.32 Å². The Morgan fingerprint density at radius 3 is 2.62 bits per heavy atom. The lowest BCUT2D eigenvalue weighted by Crippen LogP contribution is -2.10. The molecule has 0 unspecified atom stereocenters. The number of nitrogens with one attached hydrogen (secondary N) is 1. The molecule has 13 heavy (non-hydrogen) atoms. The summed E-state index contributed by atoms with van der Waals surface area (Å²) >= 11 is 1.88. The fourth-order valence-corrected chi connectivity index (χ4v) is 1.95. The largest absolute Gasteiger partial charge is 0.382 e. The first-order valence-corrected chi connectivity index (χ1v) is 5.71. The van der Waals surface area contributed by atoms with E-state index >= 15 is 0 Å². The number of hydrogen-bond donors (Lipinski definition) is 1. The molecule has 72 valence electrons. The molecule has 2 heteroatoms. The van der Waals surface area contributed by atoms with Gasteiger partial charge in [-0.15, -0.1) is 11.8 Å². The highest BCUT2D eigenvalue weighted by Gasteiger charge is 2.01. The number of benzene rings is 1. The molecule has 0 spiro atoms. The predicted molar refractivity (Wildman–Crippen MR) is 61.6 cm³/mol. The van der Waals surface area contributed by atoms with Gasteiger partial charge >= 0.3 is 0 Å². The highest BCUT2D eigenvalue weighted by molar-refractivity contribution is 7.99. The molecular weight excluding hydrogens is 178 g/mol. The molecule has 0 amide bonds. The van der Waals surface area contributed by atoms with E-state index in [2.05, 4.69) is 50.4 Å². The molecule has 0 radical (unpaired) electrons. The zero-order valence-electron chi connectivity index (χ0n) is 8.50. The van der Waals surface area contributed by atoms with Crippen molar-refractivity contribution in [3.05, 3.63) is 24.3 Å². The summed E-state index contributed by atoms with van der Waals surface area (Å²) in [5.74, 6) is 1.12. The maximum absolute atomic E-state index is 3.44. The molecule has 0 aliphatic heterocycles. The molecule has 0 saturated carbocycles. The van der Waals surface area contributed by atoms with E-state index in [9.17, 15) is 0 Å². The smallest absolute Gasteiger partial charge is 0.0480 e. The molecule has 0 bridgehead atoms. The number of hydrogen-bond acceptors (Lipinski definition) is 2. The monoisotopic (exact) mass is 195 g/mol. The first kappa shape index (κ1) is 10.5. The second-order valence-electron chi connectivity index (χ2n) is 3.23. The summed E-state index contributed by atoms with van der Waals surface area (Å²) < 4.78 is 0. The highest BCUT2D eigenvalue weighted by Crippen LogP contribution is 2.26. The summed E-state index contributed by atoms with van der Waals surface area (Å²) in [6, 6.07) is 8.96. The Labute approximate surface area is 84.9 Å². The van der Waals surface area contributed by atoms with Crippen molar-refractivity contribution in [2.45, 2.75) is 31.7 Å². The van der Waals surface area contributed by atoms with Gasteiger partial charge in [0, 0.05) is 16.6 Å². The zero-order valence-corrected chi connectivity index (χ0v) is 9.32. The minimum absolute atomic E-state index is 0.499. The van der Waals surface area contributed by atoms with Crippen LogP contribution in [0.3, 0.4) is 0 Å². The fourth-order valence-electron chi connectivity index (χ4n) is 1.18. The molecule has 1 rings (SSSR count). The Morgan fingerprint density at radius 2 is 2.00 bits per heavy atom. The number of thioether (sulfide) groups is 1. The van der Waals surface area contributed by atoms with Crippen LogP contribution in [0.4, 0.5) is 5.69 Å². The third-order valence-electron chi connectivity index (χ3n) is 1.63. The second kappa shape index (κ2) is 5.18. The summed E-state index contributed by atoms with van der Waals surface area (Å²) in [5, 5.41) is 3.44. The van der Waals surface area contributed by atoms with Gasteiger partial charge in [-0.05, 0) is 31.7 Å². The van der Waals surface area contributed by atoms with Gasteiger partial charge in [-0.3, -0.25) is 0 Å². The number of anilines is 1. The average Bonchev–Trinajstić information content (AvgIpc) is 2.08. The lowest BCUT2D eigenvalue weighted by atomic mass is 10.3. The molecule has 0 aliphatic carbocycles. The fraction of sp³-hybridized carbons (Fsp3) is 0.455. The summed E-state index contributed by atoms with van der Waals surface area (Å²) in [5.41, 5.74) is 1.25. The van der Waals surface area contributed by atoms with Gasteiger partial charge in [-0.25, -0.2) is 0 Å². The SMILES string of the molecule is CCSc1ccccc1NC(C)C. The van der Waals surface area contributed by atoms with Crippen molar-refractivity contribution in [1.82, 2.24) is 0 Å². The van der Waals surface area contributed by atoms with Crippen molar-refractivity contribution in [3.63, 3.8) is 0 Å². The van der Waals surface area contributed by atoms with Crippen LogP contribution in [0.5, 0.6) is 0 Å². The molecule has 1 N–H and O–H groups in total. The highest BCUT2D eigenvalue weighted by atomic mass is 32.2. The summed E-state index contributed by atoms with van der Waals surface area (Å²) in [6.45, 7) is 6.50. The van der Waals surface area contributed by atoms with Crippen LogP contribution in [0.1, 0.15) is 20.8 Å². The third-order valence-corrected chi connectivity index (χ3v) is 2.59. The zero-order chi connectivity index (χ0) is 9.68. The summed E-state index contributed by atoms with van der Waals surface area (Å²) in [6.07, 6.45) is 0. The Balaban J connectivity index is 2.78. The average molecular weight is 195 g/mol. The van der Waals surface area contributed by atoms with Gasteiger partial charge in [0.05, 0.1) is 0 Å². The molecule has 0 aromatic heterocycles. The standard InChI is InChI=1S/C11H17NS/c1-4-13-11-8-6-5-7-10(11)12-9(2)3/h5-9,12H,4H2,1-3H3. The van der Waals surface area contributed by atoms with Gasteiger partial charge < -0.3 is 5.32 Å². The molecule has 0 saturated heterocycles. The molecule has 0 fully saturated rings. The first-order chi connectivity index (χ1) is 6.24. The Hall–Kier alpha value is -0.630. The van der Waals surface area contributed by atoms with Gasteiger partial charge in [-0.1, -0.05) is 19.1 Å². The van der Waals surface area contributed by atoms with Crippen LogP contribution >= 0.6 is 11.8 Å². The quantitative estimate of drug-likeness (QED) is 0.736. The Morgan fingerprint density at radius 1 is 1.31 bits per heavy atom. The molecule has 1 aromatic rings. The van der Waals surface area contributed by atoms with Crippen molar-refractivity contribution in [3.8, 4) is 0 Å². The van der Waals surface area contributed by atoms with Gasteiger partial charge in [0.15, 0.2) is 0 Å². The minimum atomic E-state index is 0.499. The molecule has 0 atom stereocenters. The van der Waals surface area contributed by atoms with E-state index in [1.54, 1.807) is 0 Å². The lowest BCUT2D eigenvalue weighted by molar-refractivity contribution is 0.894. The van der Waals surface area contributed by atoms with Gasteiger partial charge in [-0.2, -0.15) is 0 Å². The second-order valence-corrected chi connectivity index (χ2v) is 4.53. The Kier molecular flexibility index (Phi) is 4.16. The van der Waals surface area contributed by atoms with E-state index < -0.39 is 0 Å².